The maximum absolute atomic E-state index is 13.6. The van der Waals surface area contributed by atoms with Crippen LogP contribution in [0.25, 0.3) is 0 Å². The highest BCUT2D eigenvalue weighted by molar-refractivity contribution is 7.90. The first-order chi connectivity index (χ1) is 11.7. The van der Waals surface area contributed by atoms with Crippen LogP contribution in [0.15, 0.2) is 29.2 Å². The normalized spacial score (nSPS) is 16.4. The van der Waals surface area contributed by atoms with Gasteiger partial charge in [0.2, 0.25) is 0 Å². The van der Waals surface area contributed by atoms with Gasteiger partial charge in [0.15, 0.2) is 9.84 Å². The van der Waals surface area contributed by atoms with Crippen LogP contribution in [0, 0.1) is 24.1 Å². The third-order valence-corrected chi connectivity index (χ3v) is 5.33. The molecule has 1 aliphatic carbocycles. The fraction of sp³-hybridized carbons (Fsp3) is 0.278. The van der Waals surface area contributed by atoms with Crippen LogP contribution in [0.3, 0.4) is 0 Å². The fourth-order valence-corrected chi connectivity index (χ4v) is 4.19. The lowest BCUT2D eigenvalue weighted by atomic mass is 10.0. The summed E-state index contributed by atoms with van der Waals surface area (Å²) in [6, 6.07) is 6.98. The average molecular weight is 361 g/mol. The number of benzene rings is 2. The van der Waals surface area contributed by atoms with Gasteiger partial charge in [0.05, 0.1) is 22.6 Å². The summed E-state index contributed by atoms with van der Waals surface area (Å²) in [6.07, 6.45) is 1.06. The summed E-state index contributed by atoms with van der Waals surface area (Å²) in [5.74, 6) is -0.0556. The third kappa shape index (κ3) is 3.23. The van der Waals surface area contributed by atoms with Gasteiger partial charge in [-0.05, 0) is 43.5 Å². The summed E-state index contributed by atoms with van der Waals surface area (Å²) in [5, 5.41) is 19.2. The van der Waals surface area contributed by atoms with Crippen molar-refractivity contribution in [3.8, 4) is 17.6 Å². The molecule has 130 valence electrons. The molecule has 0 saturated heterocycles. The molecule has 2 aromatic rings. The van der Waals surface area contributed by atoms with E-state index in [1.807, 2.05) is 6.07 Å². The highest BCUT2D eigenvalue weighted by atomic mass is 32.2. The molecule has 0 spiro atoms. The van der Waals surface area contributed by atoms with Gasteiger partial charge in [-0.3, -0.25) is 0 Å². The number of aryl methyl sites for hydroxylation is 1. The molecule has 0 radical (unpaired) electrons. The lowest BCUT2D eigenvalue weighted by molar-refractivity contribution is 0.177. The Morgan fingerprint density at radius 3 is 2.68 bits per heavy atom. The van der Waals surface area contributed by atoms with E-state index in [4.69, 9.17) is 10.00 Å². The van der Waals surface area contributed by atoms with Gasteiger partial charge in [0, 0.05) is 23.4 Å². The average Bonchev–Trinajstić information content (AvgIpc) is 2.90. The molecule has 2 aromatic carbocycles. The first kappa shape index (κ1) is 17.4. The molecule has 1 aliphatic rings. The Hall–Kier alpha value is -2.43. The molecule has 0 amide bonds. The first-order valence-corrected chi connectivity index (χ1v) is 9.53. The van der Waals surface area contributed by atoms with Crippen LogP contribution in [0.2, 0.25) is 0 Å². The van der Waals surface area contributed by atoms with E-state index in [1.54, 1.807) is 6.92 Å². The van der Waals surface area contributed by atoms with Crippen molar-refractivity contribution in [2.45, 2.75) is 30.8 Å². The second kappa shape index (κ2) is 6.14. The Morgan fingerprint density at radius 2 is 2.04 bits per heavy atom. The number of aliphatic hydroxyl groups excluding tert-OH is 1. The van der Waals surface area contributed by atoms with Gasteiger partial charge in [-0.15, -0.1) is 0 Å². The lowest BCUT2D eigenvalue weighted by Crippen LogP contribution is -2.07. The summed E-state index contributed by atoms with van der Waals surface area (Å²) in [5.41, 5.74) is 1.64. The molecule has 5 nitrogen and oxygen atoms in total. The molecular formula is C18H16FNO4S. The van der Waals surface area contributed by atoms with Crippen molar-refractivity contribution in [2.24, 2.45) is 0 Å². The minimum Gasteiger partial charge on any atom is -0.457 e. The number of halogens is 1. The molecule has 0 aliphatic heterocycles. The molecule has 7 heteroatoms. The van der Waals surface area contributed by atoms with Gasteiger partial charge in [0.25, 0.3) is 0 Å². The molecule has 0 bridgehead atoms. The zero-order valence-corrected chi connectivity index (χ0v) is 14.5. The van der Waals surface area contributed by atoms with E-state index in [-0.39, 0.29) is 16.2 Å². The van der Waals surface area contributed by atoms with E-state index in [0.717, 1.165) is 18.4 Å². The first-order valence-electron chi connectivity index (χ1n) is 7.63. The van der Waals surface area contributed by atoms with Crippen LogP contribution < -0.4 is 4.74 Å². The summed E-state index contributed by atoms with van der Waals surface area (Å²) in [7, 11) is -3.51. The van der Waals surface area contributed by atoms with E-state index in [2.05, 4.69) is 0 Å². The van der Waals surface area contributed by atoms with Gasteiger partial charge in [0.1, 0.15) is 17.3 Å². The number of nitrogens with zero attached hydrogens (tertiary/aromatic N) is 1. The quantitative estimate of drug-likeness (QED) is 0.907. The number of nitriles is 1. The molecule has 0 saturated carbocycles. The second-order valence-corrected chi connectivity index (χ2v) is 8.11. The Labute approximate surface area is 145 Å². The van der Waals surface area contributed by atoms with Crippen LogP contribution in [-0.2, 0) is 16.3 Å². The number of rotatable bonds is 3. The maximum Gasteiger partial charge on any atom is 0.175 e. The number of aliphatic hydroxyl groups is 1. The topological polar surface area (TPSA) is 87.4 Å². The number of hydrogen-bond donors (Lipinski definition) is 1. The van der Waals surface area contributed by atoms with E-state index in [9.17, 15) is 17.9 Å². The second-order valence-electron chi connectivity index (χ2n) is 6.13. The van der Waals surface area contributed by atoms with Crippen LogP contribution >= 0.6 is 0 Å². The Bertz CT molecular complexity index is 1010. The SMILES string of the molecule is Cc1cc(S(C)(=O)=O)c2c(c1Oc1cc(F)cc(C#N)c1)CCC2O. The van der Waals surface area contributed by atoms with Crippen LogP contribution in [-0.4, -0.2) is 19.8 Å². The van der Waals surface area contributed by atoms with Crippen molar-refractivity contribution in [1.29, 1.82) is 5.26 Å². The van der Waals surface area contributed by atoms with Gasteiger partial charge in [-0.1, -0.05) is 0 Å². The molecule has 1 atom stereocenters. The van der Waals surface area contributed by atoms with E-state index >= 15 is 0 Å². The molecule has 0 fully saturated rings. The van der Waals surface area contributed by atoms with Crippen molar-refractivity contribution >= 4 is 9.84 Å². The zero-order chi connectivity index (χ0) is 18.4. The minimum absolute atomic E-state index is 0.0920. The summed E-state index contributed by atoms with van der Waals surface area (Å²) >= 11 is 0. The monoisotopic (exact) mass is 361 g/mol. The molecule has 25 heavy (non-hydrogen) atoms. The standard InChI is InChI=1S/C18H16FNO4S/c1-10-5-16(25(2,22)23)17-14(3-4-15(17)21)18(10)24-13-7-11(9-20)6-12(19)8-13/h5-8,15,21H,3-4H2,1-2H3. The van der Waals surface area contributed by atoms with Gasteiger partial charge in [-0.2, -0.15) is 5.26 Å². The van der Waals surface area contributed by atoms with E-state index in [0.29, 0.717) is 35.3 Å². The van der Waals surface area contributed by atoms with Crippen molar-refractivity contribution in [3.63, 3.8) is 0 Å². The maximum atomic E-state index is 13.6. The molecule has 1 N–H and O–H groups in total. The minimum atomic E-state index is -3.51. The van der Waals surface area contributed by atoms with Crippen LogP contribution in [0.5, 0.6) is 11.5 Å². The molecule has 0 heterocycles. The van der Waals surface area contributed by atoms with E-state index < -0.39 is 21.8 Å². The Morgan fingerprint density at radius 1 is 1.32 bits per heavy atom. The number of fused-ring (bicyclic) bond motifs is 1. The van der Waals surface area contributed by atoms with Crippen LogP contribution in [0.4, 0.5) is 4.39 Å². The largest absolute Gasteiger partial charge is 0.457 e. The smallest absolute Gasteiger partial charge is 0.175 e. The molecular weight excluding hydrogens is 345 g/mol. The number of sulfone groups is 1. The fourth-order valence-electron chi connectivity index (χ4n) is 3.14. The van der Waals surface area contributed by atoms with Crippen molar-refractivity contribution in [2.75, 3.05) is 6.26 Å². The zero-order valence-electron chi connectivity index (χ0n) is 13.7. The number of ether oxygens (including phenoxy) is 1. The van der Waals surface area contributed by atoms with Crippen LogP contribution in [0.1, 0.15) is 34.8 Å². The third-order valence-electron chi connectivity index (χ3n) is 4.19. The van der Waals surface area contributed by atoms with Crippen molar-refractivity contribution < 1.29 is 22.7 Å². The summed E-state index contributed by atoms with van der Waals surface area (Å²) in [6.45, 7) is 1.69. The molecule has 3 rings (SSSR count). The predicted molar refractivity (Wildman–Crippen MR) is 88.8 cm³/mol. The van der Waals surface area contributed by atoms with E-state index in [1.165, 1.54) is 12.1 Å². The van der Waals surface area contributed by atoms with Crippen molar-refractivity contribution in [3.05, 3.63) is 52.3 Å². The highest BCUT2D eigenvalue weighted by Gasteiger charge is 2.31. The van der Waals surface area contributed by atoms with Gasteiger partial charge >= 0.3 is 0 Å². The summed E-state index contributed by atoms with van der Waals surface area (Å²) < 4.78 is 43.5. The Kier molecular flexibility index (Phi) is 4.27. The van der Waals surface area contributed by atoms with Gasteiger partial charge in [-0.25, -0.2) is 12.8 Å². The number of hydrogen-bond acceptors (Lipinski definition) is 5. The highest BCUT2D eigenvalue weighted by Crippen LogP contribution is 2.44. The van der Waals surface area contributed by atoms with Gasteiger partial charge < -0.3 is 9.84 Å². The van der Waals surface area contributed by atoms with Crippen molar-refractivity contribution in [1.82, 2.24) is 0 Å². The predicted octanol–water partition coefficient (Wildman–Crippen LogP) is 3.18. The molecule has 0 aromatic heterocycles. The lowest BCUT2D eigenvalue weighted by Gasteiger charge is -2.17. The molecule has 1 unspecified atom stereocenters. The summed E-state index contributed by atoms with van der Waals surface area (Å²) in [4.78, 5) is 0.0920. The Balaban J connectivity index is 2.16.